The highest BCUT2D eigenvalue weighted by Crippen LogP contribution is 2.51. The van der Waals surface area contributed by atoms with Crippen molar-refractivity contribution in [2.45, 2.75) is 32.6 Å². The highest BCUT2D eigenvalue weighted by molar-refractivity contribution is 5.90. The molecule has 0 bridgehead atoms. The minimum Gasteiger partial charge on any atom is -0.478 e. The Kier molecular flexibility index (Phi) is 5.72. The lowest BCUT2D eigenvalue weighted by molar-refractivity contribution is 0.0288. The van der Waals surface area contributed by atoms with Crippen LogP contribution < -0.4 is 5.32 Å². The molecule has 1 aliphatic rings. The second-order valence-corrected chi connectivity index (χ2v) is 8.60. The molecular weight excluding hydrogens is 406 g/mol. The van der Waals surface area contributed by atoms with Crippen LogP contribution in [0.3, 0.4) is 0 Å². The number of carbonyl (C=O) groups is 2. The molecule has 6 nitrogen and oxygen atoms in total. The van der Waals surface area contributed by atoms with Crippen LogP contribution in [0.2, 0.25) is 0 Å². The van der Waals surface area contributed by atoms with Gasteiger partial charge in [0.1, 0.15) is 6.61 Å². The summed E-state index contributed by atoms with van der Waals surface area (Å²) in [5, 5.41) is 23.8. The Morgan fingerprint density at radius 3 is 2.44 bits per heavy atom. The third-order valence-corrected chi connectivity index (χ3v) is 6.01. The van der Waals surface area contributed by atoms with Crippen molar-refractivity contribution in [3.8, 4) is 0 Å². The number of fused-ring (bicyclic) bond motifs is 1. The van der Waals surface area contributed by atoms with Crippen LogP contribution in [-0.4, -0.2) is 22.2 Å². The molecule has 0 saturated carbocycles. The van der Waals surface area contributed by atoms with Crippen molar-refractivity contribution in [1.29, 1.82) is 0 Å². The highest BCUT2D eigenvalue weighted by atomic mass is 16.5. The van der Waals surface area contributed by atoms with Crippen molar-refractivity contribution in [3.05, 3.63) is 101 Å². The first kappa shape index (κ1) is 21.6. The van der Waals surface area contributed by atoms with E-state index in [0.29, 0.717) is 16.8 Å². The van der Waals surface area contributed by atoms with Crippen LogP contribution in [0.5, 0.6) is 0 Å². The summed E-state index contributed by atoms with van der Waals surface area (Å²) in [6.45, 7) is 4.01. The molecule has 0 fully saturated rings. The SMILES string of the molecule is CC1(C)C(O)c2cc(C(=O)O)ccc2NC1c1cccc(C(=O)OCc2ccccc2)c1. The van der Waals surface area contributed by atoms with Crippen LogP contribution in [0.15, 0.2) is 72.8 Å². The molecule has 2 unspecified atom stereocenters. The van der Waals surface area contributed by atoms with E-state index in [1.165, 1.54) is 12.1 Å². The van der Waals surface area contributed by atoms with Gasteiger partial charge in [-0.25, -0.2) is 9.59 Å². The average Bonchev–Trinajstić information content (AvgIpc) is 2.80. The molecular formula is C26H25NO5. The normalized spacial score (nSPS) is 18.8. The number of aliphatic hydroxyl groups is 1. The number of rotatable bonds is 5. The van der Waals surface area contributed by atoms with E-state index in [1.54, 1.807) is 24.3 Å². The van der Waals surface area contributed by atoms with Gasteiger partial charge >= 0.3 is 11.9 Å². The zero-order valence-corrected chi connectivity index (χ0v) is 17.9. The van der Waals surface area contributed by atoms with Crippen LogP contribution in [-0.2, 0) is 11.3 Å². The van der Waals surface area contributed by atoms with E-state index in [1.807, 2.05) is 50.2 Å². The number of aromatic carboxylic acids is 1. The van der Waals surface area contributed by atoms with Crippen molar-refractivity contribution >= 4 is 17.6 Å². The number of carbonyl (C=O) groups excluding carboxylic acids is 1. The Labute approximate surface area is 186 Å². The van der Waals surface area contributed by atoms with E-state index in [4.69, 9.17) is 4.74 Å². The second-order valence-electron chi connectivity index (χ2n) is 8.60. The predicted molar refractivity (Wildman–Crippen MR) is 121 cm³/mol. The molecule has 2 atom stereocenters. The van der Waals surface area contributed by atoms with E-state index in [9.17, 15) is 19.8 Å². The Balaban J connectivity index is 1.59. The van der Waals surface area contributed by atoms with Crippen LogP contribution in [0.4, 0.5) is 5.69 Å². The lowest BCUT2D eigenvalue weighted by Crippen LogP contribution is -2.38. The summed E-state index contributed by atoms with van der Waals surface area (Å²) in [4.78, 5) is 24.0. The third kappa shape index (κ3) is 4.09. The molecule has 3 aromatic rings. The van der Waals surface area contributed by atoms with Gasteiger partial charge in [-0.2, -0.15) is 0 Å². The van der Waals surface area contributed by atoms with Crippen molar-refractivity contribution in [1.82, 2.24) is 0 Å². The minimum absolute atomic E-state index is 0.127. The molecule has 0 aromatic heterocycles. The summed E-state index contributed by atoms with van der Waals surface area (Å²) in [6, 6.07) is 21.0. The molecule has 164 valence electrons. The first-order chi connectivity index (χ1) is 15.3. The maximum Gasteiger partial charge on any atom is 0.338 e. The van der Waals surface area contributed by atoms with Crippen molar-refractivity contribution in [2.24, 2.45) is 5.41 Å². The van der Waals surface area contributed by atoms with Crippen LogP contribution in [0.1, 0.15) is 63.4 Å². The number of hydrogen-bond donors (Lipinski definition) is 3. The van der Waals surface area contributed by atoms with E-state index >= 15 is 0 Å². The molecule has 0 saturated heterocycles. The average molecular weight is 431 g/mol. The number of aliphatic hydroxyl groups excluding tert-OH is 1. The van der Waals surface area contributed by atoms with Gasteiger partial charge in [-0.3, -0.25) is 0 Å². The fourth-order valence-electron chi connectivity index (χ4n) is 4.12. The third-order valence-electron chi connectivity index (χ3n) is 6.01. The molecule has 0 spiro atoms. The molecule has 32 heavy (non-hydrogen) atoms. The Bertz CT molecular complexity index is 1160. The Morgan fingerprint density at radius 1 is 0.969 bits per heavy atom. The number of carboxylic acids is 1. The topological polar surface area (TPSA) is 95.9 Å². The zero-order valence-electron chi connectivity index (χ0n) is 17.9. The second kappa shape index (κ2) is 8.48. The van der Waals surface area contributed by atoms with Crippen molar-refractivity contribution in [2.75, 3.05) is 5.32 Å². The van der Waals surface area contributed by atoms with Gasteiger partial charge in [-0.15, -0.1) is 0 Å². The lowest BCUT2D eigenvalue weighted by Gasteiger charge is -2.45. The maximum atomic E-state index is 12.6. The largest absolute Gasteiger partial charge is 0.478 e. The predicted octanol–water partition coefficient (Wildman–Crippen LogP) is 4.97. The van der Waals surface area contributed by atoms with Crippen LogP contribution in [0.25, 0.3) is 0 Å². The van der Waals surface area contributed by atoms with E-state index in [0.717, 1.165) is 11.1 Å². The number of carboxylic acid groups (broad SMARTS) is 1. The standard InChI is InChI=1S/C26H25NO5/c1-26(2)22(27-21-12-11-18(24(29)30)14-20(21)23(26)28)17-9-6-10-19(13-17)25(31)32-15-16-7-4-3-5-8-16/h3-14,22-23,27-28H,15H2,1-2H3,(H,29,30). The number of esters is 1. The van der Waals surface area contributed by atoms with Gasteiger partial charge in [0.15, 0.2) is 0 Å². The highest BCUT2D eigenvalue weighted by Gasteiger charge is 2.43. The van der Waals surface area contributed by atoms with E-state index < -0.39 is 23.5 Å². The number of nitrogens with one attached hydrogen (secondary N) is 1. The van der Waals surface area contributed by atoms with Gasteiger partial charge in [0, 0.05) is 16.7 Å². The molecule has 3 N–H and O–H groups in total. The maximum absolute atomic E-state index is 12.6. The summed E-state index contributed by atoms with van der Waals surface area (Å²) in [5.41, 5.74) is 2.84. The van der Waals surface area contributed by atoms with Crippen LogP contribution >= 0.6 is 0 Å². The molecule has 1 aliphatic heterocycles. The summed E-state index contributed by atoms with van der Waals surface area (Å²) < 4.78 is 5.46. The van der Waals surface area contributed by atoms with Crippen molar-refractivity contribution in [3.63, 3.8) is 0 Å². The summed E-state index contributed by atoms with van der Waals surface area (Å²) in [6.07, 6.45) is -0.892. The quantitative estimate of drug-likeness (QED) is 0.494. The van der Waals surface area contributed by atoms with Crippen LogP contribution in [0, 0.1) is 5.41 Å². The summed E-state index contributed by atoms with van der Waals surface area (Å²) in [5.74, 6) is -1.46. The number of benzene rings is 3. The zero-order chi connectivity index (χ0) is 22.9. The smallest absolute Gasteiger partial charge is 0.338 e. The van der Waals surface area contributed by atoms with Gasteiger partial charge in [0.2, 0.25) is 0 Å². The first-order valence-electron chi connectivity index (χ1n) is 10.4. The van der Waals surface area contributed by atoms with Gasteiger partial charge in [-0.1, -0.05) is 56.3 Å². The van der Waals surface area contributed by atoms with Gasteiger partial charge < -0.3 is 20.3 Å². The monoisotopic (exact) mass is 431 g/mol. The molecule has 3 aromatic carbocycles. The Morgan fingerprint density at radius 2 is 1.72 bits per heavy atom. The van der Waals surface area contributed by atoms with E-state index in [2.05, 4.69) is 5.32 Å². The molecule has 0 amide bonds. The molecule has 1 heterocycles. The fourth-order valence-corrected chi connectivity index (χ4v) is 4.12. The summed E-state index contributed by atoms with van der Waals surface area (Å²) >= 11 is 0. The number of anilines is 1. The van der Waals surface area contributed by atoms with E-state index in [-0.39, 0.29) is 18.2 Å². The molecule has 0 aliphatic carbocycles. The van der Waals surface area contributed by atoms with Gasteiger partial charge in [0.25, 0.3) is 0 Å². The fraction of sp³-hybridized carbons (Fsp3) is 0.231. The molecule has 4 rings (SSSR count). The van der Waals surface area contributed by atoms with Gasteiger partial charge in [0.05, 0.1) is 23.3 Å². The van der Waals surface area contributed by atoms with Crippen molar-refractivity contribution < 1.29 is 24.5 Å². The number of ether oxygens (including phenoxy) is 1. The summed E-state index contributed by atoms with van der Waals surface area (Å²) in [7, 11) is 0. The van der Waals surface area contributed by atoms with Gasteiger partial charge in [-0.05, 0) is 41.5 Å². The minimum atomic E-state index is -1.04. The first-order valence-corrected chi connectivity index (χ1v) is 10.4. The molecule has 6 heteroatoms. The number of hydrogen-bond acceptors (Lipinski definition) is 5. The molecule has 0 radical (unpaired) electrons. The Hall–Kier alpha value is -3.64. The lowest BCUT2D eigenvalue weighted by atomic mass is 9.70.